The van der Waals surface area contributed by atoms with Gasteiger partial charge in [-0.05, 0) is 11.8 Å². The average molecular weight is 171 g/mol. The Morgan fingerprint density at radius 1 is 1.58 bits per heavy atom. The largest absolute Gasteiger partial charge is 0.449 e. The fourth-order valence-corrected chi connectivity index (χ4v) is 1.18. The quantitative estimate of drug-likeness (QED) is 0.633. The van der Waals surface area contributed by atoms with E-state index in [1.165, 1.54) is 0 Å². The highest BCUT2D eigenvalue weighted by Gasteiger charge is 2.28. The minimum Gasteiger partial charge on any atom is -0.449 e. The van der Waals surface area contributed by atoms with Crippen LogP contribution in [0.4, 0.5) is 4.79 Å². The molecule has 0 radical (unpaired) electrons. The van der Waals surface area contributed by atoms with Gasteiger partial charge in [0.05, 0.1) is 6.61 Å². The van der Waals surface area contributed by atoms with Crippen molar-refractivity contribution in [1.82, 2.24) is 4.90 Å². The Hall–Kier alpha value is -0.730. The van der Waals surface area contributed by atoms with Crippen molar-refractivity contribution in [3.05, 3.63) is 0 Å². The second kappa shape index (κ2) is 3.78. The lowest BCUT2D eigenvalue weighted by molar-refractivity contribution is 0.0521. The third-order valence-electron chi connectivity index (χ3n) is 1.86. The monoisotopic (exact) mass is 171 g/mol. The molecule has 0 aromatic heterocycles. The Bertz CT molecular complexity index is 162. The zero-order valence-electron chi connectivity index (χ0n) is 8.04. The second-order valence-electron chi connectivity index (χ2n) is 3.98. The molecular formula is C9H17NO2. The van der Waals surface area contributed by atoms with Crippen molar-refractivity contribution in [2.75, 3.05) is 19.7 Å². The molecule has 0 N–H and O–H groups in total. The van der Waals surface area contributed by atoms with Gasteiger partial charge in [-0.3, -0.25) is 0 Å². The van der Waals surface area contributed by atoms with E-state index in [0.717, 1.165) is 13.1 Å². The minimum atomic E-state index is -0.151. The molecule has 0 spiro atoms. The summed E-state index contributed by atoms with van der Waals surface area (Å²) in [5, 5.41) is 0. The molecule has 0 aromatic rings. The highest BCUT2D eigenvalue weighted by atomic mass is 16.6. The number of rotatable bonds is 2. The Labute approximate surface area is 73.7 Å². The number of nitrogens with zero attached hydrogens (tertiary/aromatic N) is 1. The molecule has 70 valence electrons. The maximum atomic E-state index is 11.2. The zero-order valence-corrected chi connectivity index (χ0v) is 8.04. The standard InChI is InChI=1S/C9H17NO2/c1-7(2)6-12-9(11)10-4-8(3)5-10/h7-8H,4-6H2,1-3H3. The van der Waals surface area contributed by atoms with Gasteiger partial charge in [0.2, 0.25) is 0 Å². The van der Waals surface area contributed by atoms with Crippen LogP contribution < -0.4 is 0 Å². The van der Waals surface area contributed by atoms with Gasteiger partial charge in [-0.15, -0.1) is 0 Å². The summed E-state index contributed by atoms with van der Waals surface area (Å²) in [4.78, 5) is 12.9. The normalized spacial score (nSPS) is 17.8. The van der Waals surface area contributed by atoms with Crippen LogP contribution in [0, 0.1) is 11.8 Å². The lowest BCUT2D eigenvalue weighted by Crippen LogP contribution is -2.49. The number of carbonyl (C=O) groups excluding carboxylic acids is 1. The average Bonchev–Trinajstić information content (AvgIpc) is 1.94. The van der Waals surface area contributed by atoms with E-state index >= 15 is 0 Å². The maximum Gasteiger partial charge on any atom is 0.409 e. The summed E-state index contributed by atoms with van der Waals surface area (Å²) >= 11 is 0. The predicted octanol–water partition coefficient (Wildman–Crippen LogP) is 1.73. The van der Waals surface area contributed by atoms with E-state index in [2.05, 4.69) is 6.92 Å². The van der Waals surface area contributed by atoms with Gasteiger partial charge in [0.25, 0.3) is 0 Å². The Morgan fingerprint density at radius 2 is 2.17 bits per heavy atom. The van der Waals surface area contributed by atoms with Crippen LogP contribution in [0.1, 0.15) is 20.8 Å². The molecule has 1 fully saturated rings. The molecule has 12 heavy (non-hydrogen) atoms. The van der Waals surface area contributed by atoms with Gasteiger partial charge in [-0.2, -0.15) is 0 Å². The van der Waals surface area contributed by atoms with Crippen LogP contribution >= 0.6 is 0 Å². The number of hydrogen-bond acceptors (Lipinski definition) is 2. The van der Waals surface area contributed by atoms with Gasteiger partial charge in [0.15, 0.2) is 0 Å². The van der Waals surface area contributed by atoms with Gasteiger partial charge in [0, 0.05) is 13.1 Å². The van der Waals surface area contributed by atoms with E-state index in [1.54, 1.807) is 4.90 Å². The van der Waals surface area contributed by atoms with Crippen LogP contribution in [0.3, 0.4) is 0 Å². The van der Waals surface area contributed by atoms with Crippen molar-refractivity contribution in [3.63, 3.8) is 0 Å². The molecule has 3 heteroatoms. The topological polar surface area (TPSA) is 29.5 Å². The van der Waals surface area contributed by atoms with Gasteiger partial charge >= 0.3 is 6.09 Å². The summed E-state index contributed by atoms with van der Waals surface area (Å²) in [5.41, 5.74) is 0. The lowest BCUT2D eigenvalue weighted by Gasteiger charge is -2.36. The predicted molar refractivity (Wildman–Crippen MR) is 46.9 cm³/mol. The fraction of sp³-hybridized carbons (Fsp3) is 0.889. The SMILES string of the molecule is CC(C)COC(=O)N1CC(C)C1. The molecule has 0 aliphatic carbocycles. The van der Waals surface area contributed by atoms with Crippen LogP contribution in [0.5, 0.6) is 0 Å². The van der Waals surface area contributed by atoms with Crippen LogP contribution in [-0.4, -0.2) is 30.7 Å². The minimum absolute atomic E-state index is 0.151. The first kappa shape index (κ1) is 9.36. The lowest BCUT2D eigenvalue weighted by atomic mass is 10.0. The number of hydrogen-bond donors (Lipinski definition) is 0. The molecule has 0 aromatic carbocycles. The zero-order chi connectivity index (χ0) is 9.14. The molecule has 1 aliphatic heterocycles. The number of carbonyl (C=O) groups is 1. The Kier molecular flexibility index (Phi) is 2.95. The Balaban J connectivity index is 2.13. The molecule has 0 saturated carbocycles. The first-order valence-electron chi connectivity index (χ1n) is 4.51. The third kappa shape index (κ3) is 2.40. The van der Waals surface area contributed by atoms with Crippen LogP contribution in [0.15, 0.2) is 0 Å². The highest BCUT2D eigenvalue weighted by molar-refractivity contribution is 5.68. The van der Waals surface area contributed by atoms with E-state index in [-0.39, 0.29) is 6.09 Å². The summed E-state index contributed by atoms with van der Waals surface area (Å²) in [6.07, 6.45) is -0.151. The first-order valence-corrected chi connectivity index (χ1v) is 4.51. The van der Waals surface area contributed by atoms with Crippen molar-refractivity contribution >= 4 is 6.09 Å². The van der Waals surface area contributed by atoms with Crippen LogP contribution in [-0.2, 0) is 4.74 Å². The van der Waals surface area contributed by atoms with Gasteiger partial charge in [-0.1, -0.05) is 20.8 Å². The maximum absolute atomic E-state index is 11.2. The molecule has 0 unspecified atom stereocenters. The van der Waals surface area contributed by atoms with Crippen LogP contribution in [0.2, 0.25) is 0 Å². The number of ether oxygens (including phenoxy) is 1. The fourth-order valence-electron chi connectivity index (χ4n) is 1.18. The number of amides is 1. The van der Waals surface area contributed by atoms with Crippen molar-refractivity contribution < 1.29 is 9.53 Å². The van der Waals surface area contributed by atoms with E-state index in [1.807, 2.05) is 13.8 Å². The smallest absolute Gasteiger partial charge is 0.409 e. The van der Waals surface area contributed by atoms with Crippen molar-refractivity contribution in [3.8, 4) is 0 Å². The highest BCUT2D eigenvalue weighted by Crippen LogP contribution is 2.15. The van der Waals surface area contributed by atoms with E-state index in [0.29, 0.717) is 18.4 Å². The van der Waals surface area contributed by atoms with Crippen molar-refractivity contribution in [2.24, 2.45) is 11.8 Å². The van der Waals surface area contributed by atoms with E-state index < -0.39 is 0 Å². The van der Waals surface area contributed by atoms with Crippen LogP contribution in [0.25, 0.3) is 0 Å². The van der Waals surface area contributed by atoms with Gasteiger partial charge in [0.1, 0.15) is 0 Å². The van der Waals surface area contributed by atoms with Gasteiger partial charge < -0.3 is 9.64 Å². The molecular weight excluding hydrogens is 154 g/mol. The number of likely N-dealkylation sites (tertiary alicyclic amines) is 1. The molecule has 1 rings (SSSR count). The third-order valence-corrected chi connectivity index (χ3v) is 1.86. The molecule has 1 amide bonds. The van der Waals surface area contributed by atoms with Gasteiger partial charge in [-0.25, -0.2) is 4.79 Å². The summed E-state index contributed by atoms with van der Waals surface area (Å²) in [6, 6.07) is 0. The summed E-state index contributed by atoms with van der Waals surface area (Å²) in [6.45, 7) is 8.45. The second-order valence-corrected chi connectivity index (χ2v) is 3.98. The first-order chi connectivity index (χ1) is 5.59. The summed E-state index contributed by atoms with van der Waals surface area (Å²) < 4.78 is 5.04. The molecule has 1 saturated heterocycles. The van der Waals surface area contributed by atoms with E-state index in [9.17, 15) is 4.79 Å². The summed E-state index contributed by atoms with van der Waals surface area (Å²) in [7, 11) is 0. The molecule has 0 bridgehead atoms. The molecule has 3 nitrogen and oxygen atoms in total. The molecule has 1 heterocycles. The van der Waals surface area contributed by atoms with Crippen molar-refractivity contribution in [2.45, 2.75) is 20.8 Å². The molecule has 1 aliphatic rings. The summed E-state index contributed by atoms with van der Waals surface area (Å²) in [5.74, 6) is 1.07. The van der Waals surface area contributed by atoms with Crippen molar-refractivity contribution in [1.29, 1.82) is 0 Å². The Morgan fingerprint density at radius 3 is 2.58 bits per heavy atom. The van der Waals surface area contributed by atoms with E-state index in [4.69, 9.17) is 4.74 Å². The molecule has 0 atom stereocenters.